The summed E-state index contributed by atoms with van der Waals surface area (Å²) in [6.45, 7) is 7.62. The third kappa shape index (κ3) is 2.69. The Bertz CT molecular complexity index is 642. The lowest BCUT2D eigenvalue weighted by Gasteiger charge is -2.20. The summed E-state index contributed by atoms with van der Waals surface area (Å²) < 4.78 is 4.96. The van der Waals surface area contributed by atoms with Gasteiger partial charge in [0.2, 0.25) is 11.7 Å². The van der Waals surface area contributed by atoms with E-state index < -0.39 is 0 Å². The van der Waals surface area contributed by atoms with E-state index in [1.807, 2.05) is 43.1 Å². The van der Waals surface area contributed by atoms with Gasteiger partial charge in [0.25, 0.3) is 0 Å². The molecule has 0 bridgehead atoms. The Morgan fingerprint density at radius 2 is 2.00 bits per heavy atom. The maximum Gasteiger partial charge on any atom is 0.223 e. The van der Waals surface area contributed by atoms with Crippen molar-refractivity contribution in [2.45, 2.75) is 13.8 Å². The molecule has 0 aliphatic carbocycles. The zero-order valence-electron chi connectivity index (χ0n) is 11.8. The minimum atomic E-state index is 0.544. The van der Waals surface area contributed by atoms with Crippen molar-refractivity contribution in [3.05, 3.63) is 42.3 Å². The van der Waals surface area contributed by atoms with Crippen LogP contribution in [0.2, 0.25) is 0 Å². The molecule has 1 aromatic carbocycles. The Kier molecular flexibility index (Phi) is 3.84. The van der Waals surface area contributed by atoms with Crippen LogP contribution in [0.15, 0.2) is 40.5 Å². The van der Waals surface area contributed by atoms with Crippen LogP contribution in [-0.2, 0) is 0 Å². The molecule has 0 atom stereocenters. The summed E-state index contributed by atoms with van der Waals surface area (Å²) in [6.07, 6.45) is 0. The van der Waals surface area contributed by atoms with Gasteiger partial charge in [0, 0.05) is 25.2 Å². The minimum Gasteiger partial charge on any atom is -0.339 e. The average molecular weight is 271 g/mol. The maximum atomic E-state index is 5.27. The van der Waals surface area contributed by atoms with E-state index in [-0.39, 0.29) is 0 Å². The highest BCUT2D eigenvalue weighted by molar-refractivity contribution is 5.88. The van der Waals surface area contributed by atoms with Crippen molar-refractivity contribution < 1.29 is 4.52 Å². The molecule has 0 saturated carbocycles. The first-order valence-corrected chi connectivity index (χ1v) is 6.11. The zero-order valence-corrected chi connectivity index (χ0v) is 11.8. The number of aryl methyl sites for hydroxylation is 1. The van der Waals surface area contributed by atoms with E-state index in [1.165, 1.54) is 0 Å². The third-order valence-corrected chi connectivity index (χ3v) is 3.08. The Morgan fingerprint density at radius 3 is 2.50 bits per heavy atom. The van der Waals surface area contributed by atoms with E-state index in [0.29, 0.717) is 17.6 Å². The normalized spacial score (nSPS) is 11.4. The van der Waals surface area contributed by atoms with E-state index in [9.17, 15) is 0 Å². The molecule has 2 N–H and O–H groups in total. The molecule has 6 heteroatoms. The number of benzene rings is 1. The summed E-state index contributed by atoms with van der Waals surface area (Å²) in [4.78, 5) is 6.01. The van der Waals surface area contributed by atoms with Crippen LogP contribution in [0.3, 0.4) is 0 Å². The van der Waals surface area contributed by atoms with Crippen molar-refractivity contribution in [3.63, 3.8) is 0 Å². The molecular formula is C14H17N5O. The number of hydrazone groups is 1. The molecule has 0 saturated heterocycles. The number of amidine groups is 1. The van der Waals surface area contributed by atoms with Crippen LogP contribution < -0.4 is 5.84 Å². The van der Waals surface area contributed by atoms with Gasteiger partial charge < -0.3 is 15.3 Å². The fraction of sp³-hybridized carbons (Fsp3) is 0.214. The summed E-state index contributed by atoms with van der Waals surface area (Å²) in [5.74, 6) is 7.08. The number of aromatic nitrogens is 2. The average Bonchev–Trinajstić information content (AvgIpc) is 2.91. The van der Waals surface area contributed by atoms with Gasteiger partial charge in [-0.25, -0.2) is 0 Å². The summed E-state index contributed by atoms with van der Waals surface area (Å²) in [6, 6.07) is 7.74. The number of nitrogens with zero attached hydrogens (tertiary/aromatic N) is 4. The van der Waals surface area contributed by atoms with Crippen LogP contribution in [0.25, 0.3) is 17.1 Å². The Labute approximate surface area is 117 Å². The molecule has 1 heterocycles. The molecule has 0 aliphatic heterocycles. The van der Waals surface area contributed by atoms with E-state index >= 15 is 0 Å². The van der Waals surface area contributed by atoms with Gasteiger partial charge in [0.15, 0.2) is 0 Å². The molecule has 0 spiro atoms. The quantitative estimate of drug-likeness (QED) is 0.401. The van der Waals surface area contributed by atoms with Crippen molar-refractivity contribution in [3.8, 4) is 11.4 Å². The molecule has 2 rings (SSSR count). The fourth-order valence-corrected chi connectivity index (χ4v) is 1.70. The molecule has 2 aromatic rings. The van der Waals surface area contributed by atoms with Crippen LogP contribution in [0, 0.1) is 6.92 Å². The van der Waals surface area contributed by atoms with Gasteiger partial charge in [-0.3, -0.25) is 0 Å². The SMILES string of the molecule is C=C(c1ccc(-c2noc(C)n2)cc1)N(C)/C(C)=N\N. The lowest BCUT2D eigenvalue weighted by atomic mass is 10.1. The molecule has 0 amide bonds. The van der Waals surface area contributed by atoms with Crippen LogP contribution in [0.5, 0.6) is 0 Å². The summed E-state index contributed by atoms with van der Waals surface area (Å²) >= 11 is 0. The maximum absolute atomic E-state index is 5.27. The first kappa shape index (κ1) is 13.8. The number of hydrogen-bond acceptors (Lipinski definition) is 5. The van der Waals surface area contributed by atoms with Gasteiger partial charge in [-0.2, -0.15) is 10.1 Å². The first-order valence-electron chi connectivity index (χ1n) is 6.11. The summed E-state index contributed by atoms with van der Waals surface area (Å²) in [5, 5.41) is 7.53. The van der Waals surface area contributed by atoms with Crippen LogP contribution >= 0.6 is 0 Å². The van der Waals surface area contributed by atoms with Gasteiger partial charge >= 0.3 is 0 Å². The molecule has 0 aliphatic rings. The standard InChI is InChI=1S/C14H17N5O/c1-9(19(4)10(2)17-15)12-5-7-13(8-6-12)14-16-11(3)20-18-14/h5-8H,1,15H2,2-4H3/b17-10-. The van der Waals surface area contributed by atoms with Crippen molar-refractivity contribution in [2.24, 2.45) is 10.9 Å². The molecular weight excluding hydrogens is 254 g/mol. The molecule has 0 unspecified atom stereocenters. The van der Waals surface area contributed by atoms with Crippen molar-refractivity contribution in [2.75, 3.05) is 7.05 Å². The van der Waals surface area contributed by atoms with Crippen LogP contribution in [0.4, 0.5) is 0 Å². The highest BCUT2D eigenvalue weighted by Gasteiger charge is 2.09. The largest absolute Gasteiger partial charge is 0.339 e. The Balaban J connectivity index is 2.22. The van der Waals surface area contributed by atoms with Crippen molar-refractivity contribution in [1.82, 2.24) is 15.0 Å². The Hall–Kier alpha value is -2.63. The van der Waals surface area contributed by atoms with E-state index in [2.05, 4.69) is 21.8 Å². The second kappa shape index (κ2) is 5.56. The molecule has 20 heavy (non-hydrogen) atoms. The number of hydrogen-bond donors (Lipinski definition) is 1. The zero-order chi connectivity index (χ0) is 14.7. The Morgan fingerprint density at radius 1 is 1.35 bits per heavy atom. The number of rotatable bonds is 3. The monoisotopic (exact) mass is 271 g/mol. The van der Waals surface area contributed by atoms with Gasteiger partial charge in [0.1, 0.15) is 5.84 Å². The second-order valence-electron chi connectivity index (χ2n) is 4.40. The predicted octanol–water partition coefficient (Wildman–Crippen LogP) is 2.24. The number of nitrogens with two attached hydrogens (primary N) is 1. The van der Waals surface area contributed by atoms with Crippen LogP contribution in [0.1, 0.15) is 18.4 Å². The van der Waals surface area contributed by atoms with Gasteiger partial charge in [-0.05, 0) is 12.5 Å². The molecule has 1 aromatic heterocycles. The smallest absolute Gasteiger partial charge is 0.223 e. The second-order valence-corrected chi connectivity index (χ2v) is 4.40. The van der Waals surface area contributed by atoms with Gasteiger partial charge in [0.05, 0.1) is 0 Å². The minimum absolute atomic E-state index is 0.544. The highest BCUT2D eigenvalue weighted by atomic mass is 16.5. The molecule has 0 fully saturated rings. The fourth-order valence-electron chi connectivity index (χ4n) is 1.70. The molecule has 6 nitrogen and oxygen atoms in total. The summed E-state index contributed by atoms with van der Waals surface area (Å²) in [7, 11) is 1.87. The van der Waals surface area contributed by atoms with E-state index in [0.717, 1.165) is 16.8 Å². The molecule has 104 valence electrons. The summed E-state index contributed by atoms with van der Waals surface area (Å²) in [5.41, 5.74) is 2.68. The van der Waals surface area contributed by atoms with Gasteiger partial charge in [-0.15, -0.1) is 0 Å². The predicted molar refractivity (Wildman–Crippen MR) is 78.6 cm³/mol. The van der Waals surface area contributed by atoms with Crippen LogP contribution in [-0.4, -0.2) is 27.9 Å². The van der Waals surface area contributed by atoms with E-state index in [4.69, 9.17) is 10.4 Å². The van der Waals surface area contributed by atoms with Crippen molar-refractivity contribution >= 4 is 11.5 Å². The lowest BCUT2D eigenvalue weighted by molar-refractivity contribution is 0.394. The van der Waals surface area contributed by atoms with E-state index in [1.54, 1.807) is 6.92 Å². The topological polar surface area (TPSA) is 80.5 Å². The van der Waals surface area contributed by atoms with Crippen molar-refractivity contribution in [1.29, 1.82) is 0 Å². The highest BCUT2D eigenvalue weighted by Crippen LogP contribution is 2.21. The first-order chi connectivity index (χ1) is 9.52. The molecule has 0 radical (unpaired) electrons. The lowest BCUT2D eigenvalue weighted by Crippen LogP contribution is -2.23. The third-order valence-electron chi connectivity index (χ3n) is 3.08. The van der Waals surface area contributed by atoms with Gasteiger partial charge in [-0.1, -0.05) is 36.0 Å².